The third kappa shape index (κ3) is 5.20. The zero-order chi connectivity index (χ0) is 20.6. The fraction of sp³-hybridized carbons (Fsp3) is 0.217. The van der Waals surface area contributed by atoms with Gasteiger partial charge in [-0.1, -0.05) is 42.5 Å². The standard InChI is InChI=1S/C23H23N5O2/c29-21(12-6-13-22-26-27-23(30-22)18-8-2-1-3-9-18)24-16-19-10-4-5-11-20(19)17-28-15-7-14-25-28/h1-5,7-11,14-15H,6,12-13,16-17H2,(H,24,29). The third-order valence-electron chi connectivity index (χ3n) is 4.77. The summed E-state index contributed by atoms with van der Waals surface area (Å²) in [5.74, 6) is 1.06. The molecule has 4 rings (SSSR count). The van der Waals surface area contributed by atoms with E-state index in [0.29, 0.717) is 44.1 Å². The SMILES string of the molecule is O=C(CCCc1nnc(-c2ccccc2)o1)NCc1ccccc1Cn1cccn1. The van der Waals surface area contributed by atoms with Gasteiger partial charge in [0.05, 0.1) is 6.54 Å². The first-order valence-corrected chi connectivity index (χ1v) is 9.96. The molecule has 1 amide bonds. The first-order valence-electron chi connectivity index (χ1n) is 9.96. The molecular weight excluding hydrogens is 378 g/mol. The molecule has 7 heteroatoms. The minimum atomic E-state index is 0.00619. The van der Waals surface area contributed by atoms with Gasteiger partial charge >= 0.3 is 0 Å². The van der Waals surface area contributed by atoms with Crippen LogP contribution in [0.25, 0.3) is 11.5 Å². The van der Waals surface area contributed by atoms with Crippen LogP contribution in [0.1, 0.15) is 29.9 Å². The lowest BCUT2D eigenvalue weighted by atomic mass is 10.1. The van der Waals surface area contributed by atoms with Gasteiger partial charge in [-0.3, -0.25) is 9.48 Å². The molecule has 0 bridgehead atoms. The number of carbonyl (C=O) groups is 1. The van der Waals surface area contributed by atoms with E-state index in [1.54, 1.807) is 6.20 Å². The van der Waals surface area contributed by atoms with E-state index in [4.69, 9.17) is 4.42 Å². The van der Waals surface area contributed by atoms with E-state index in [1.807, 2.05) is 65.5 Å². The van der Waals surface area contributed by atoms with Crippen LogP contribution >= 0.6 is 0 Å². The number of carbonyl (C=O) groups excluding carboxylic acids is 1. The van der Waals surface area contributed by atoms with Crippen LogP contribution in [0.3, 0.4) is 0 Å². The van der Waals surface area contributed by atoms with E-state index in [2.05, 4.69) is 26.7 Å². The van der Waals surface area contributed by atoms with Crippen molar-refractivity contribution in [3.05, 3.63) is 90.1 Å². The number of hydrogen-bond acceptors (Lipinski definition) is 5. The van der Waals surface area contributed by atoms with Crippen molar-refractivity contribution in [2.24, 2.45) is 0 Å². The number of aromatic nitrogens is 4. The Hall–Kier alpha value is -3.74. The lowest BCUT2D eigenvalue weighted by Crippen LogP contribution is -2.23. The van der Waals surface area contributed by atoms with E-state index in [9.17, 15) is 4.79 Å². The van der Waals surface area contributed by atoms with Crippen molar-refractivity contribution in [1.29, 1.82) is 0 Å². The first kappa shape index (κ1) is 19.6. The maximum Gasteiger partial charge on any atom is 0.247 e. The van der Waals surface area contributed by atoms with E-state index >= 15 is 0 Å². The Morgan fingerprint density at radius 3 is 2.57 bits per heavy atom. The second kappa shape index (κ2) is 9.65. The second-order valence-electron chi connectivity index (χ2n) is 6.97. The molecule has 0 atom stereocenters. The number of benzene rings is 2. The highest BCUT2D eigenvalue weighted by atomic mass is 16.4. The summed E-state index contributed by atoms with van der Waals surface area (Å²) in [7, 11) is 0. The number of aryl methyl sites for hydroxylation is 1. The van der Waals surface area contributed by atoms with Crippen LogP contribution in [0.5, 0.6) is 0 Å². The summed E-state index contributed by atoms with van der Waals surface area (Å²) >= 11 is 0. The quantitative estimate of drug-likeness (QED) is 0.463. The Labute approximate surface area is 174 Å². The largest absolute Gasteiger partial charge is 0.421 e. The molecule has 2 aromatic heterocycles. The number of nitrogens with zero attached hydrogens (tertiary/aromatic N) is 4. The smallest absolute Gasteiger partial charge is 0.247 e. The number of nitrogens with one attached hydrogen (secondary N) is 1. The van der Waals surface area contributed by atoms with Crippen molar-refractivity contribution in [2.45, 2.75) is 32.4 Å². The van der Waals surface area contributed by atoms with Crippen LogP contribution in [0.4, 0.5) is 0 Å². The molecule has 0 unspecified atom stereocenters. The Morgan fingerprint density at radius 2 is 1.77 bits per heavy atom. The van der Waals surface area contributed by atoms with Crippen molar-refractivity contribution >= 4 is 5.91 Å². The molecule has 2 aromatic carbocycles. The summed E-state index contributed by atoms with van der Waals surface area (Å²) in [6.45, 7) is 1.18. The second-order valence-corrected chi connectivity index (χ2v) is 6.97. The van der Waals surface area contributed by atoms with Crippen LogP contribution < -0.4 is 5.32 Å². The van der Waals surface area contributed by atoms with Crippen molar-refractivity contribution in [3.63, 3.8) is 0 Å². The topological polar surface area (TPSA) is 85.8 Å². The molecule has 0 aliphatic rings. The van der Waals surface area contributed by atoms with Gasteiger partial charge < -0.3 is 9.73 Å². The van der Waals surface area contributed by atoms with E-state index < -0.39 is 0 Å². The van der Waals surface area contributed by atoms with Gasteiger partial charge in [0.25, 0.3) is 0 Å². The van der Waals surface area contributed by atoms with Gasteiger partial charge in [-0.15, -0.1) is 10.2 Å². The van der Waals surface area contributed by atoms with Gasteiger partial charge in [-0.25, -0.2) is 0 Å². The molecule has 0 aliphatic heterocycles. The summed E-state index contributed by atoms with van der Waals surface area (Å²) in [5, 5.41) is 15.4. The molecule has 152 valence electrons. The van der Waals surface area contributed by atoms with Crippen LogP contribution in [0.15, 0.2) is 77.5 Å². The zero-order valence-electron chi connectivity index (χ0n) is 16.6. The average Bonchev–Trinajstić information content (AvgIpc) is 3.46. The van der Waals surface area contributed by atoms with Crippen molar-refractivity contribution in [2.75, 3.05) is 0 Å². The Morgan fingerprint density at radius 1 is 0.967 bits per heavy atom. The van der Waals surface area contributed by atoms with Gasteiger partial charge in [-0.05, 0) is 35.7 Å². The van der Waals surface area contributed by atoms with Gasteiger partial charge in [0, 0.05) is 37.3 Å². The minimum Gasteiger partial charge on any atom is -0.421 e. The molecule has 1 N–H and O–H groups in total. The molecule has 0 fully saturated rings. The predicted molar refractivity (Wildman–Crippen MR) is 112 cm³/mol. The summed E-state index contributed by atoms with van der Waals surface area (Å²) in [6, 6.07) is 19.6. The van der Waals surface area contributed by atoms with Crippen LogP contribution in [-0.2, 0) is 24.3 Å². The molecule has 30 heavy (non-hydrogen) atoms. The molecule has 0 aliphatic carbocycles. The maximum atomic E-state index is 12.3. The highest BCUT2D eigenvalue weighted by Crippen LogP contribution is 2.17. The summed E-state index contributed by atoms with van der Waals surface area (Å²) in [6.07, 6.45) is 5.32. The molecule has 0 saturated carbocycles. The average molecular weight is 401 g/mol. The third-order valence-corrected chi connectivity index (χ3v) is 4.77. The number of rotatable bonds is 9. The maximum absolute atomic E-state index is 12.3. The normalized spacial score (nSPS) is 10.8. The zero-order valence-corrected chi connectivity index (χ0v) is 16.6. The summed E-state index contributed by atoms with van der Waals surface area (Å²) in [4.78, 5) is 12.3. The first-order chi connectivity index (χ1) is 14.8. The molecule has 4 aromatic rings. The monoisotopic (exact) mass is 401 g/mol. The van der Waals surface area contributed by atoms with Gasteiger partial charge in [0.1, 0.15) is 0 Å². The van der Waals surface area contributed by atoms with E-state index in [1.165, 1.54) is 0 Å². The van der Waals surface area contributed by atoms with Crippen molar-refractivity contribution in [1.82, 2.24) is 25.3 Å². The van der Waals surface area contributed by atoms with Gasteiger partial charge in [-0.2, -0.15) is 5.10 Å². The lowest BCUT2D eigenvalue weighted by molar-refractivity contribution is -0.121. The Balaban J connectivity index is 1.24. The Kier molecular flexibility index (Phi) is 6.29. The molecule has 7 nitrogen and oxygen atoms in total. The van der Waals surface area contributed by atoms with Gasteiger partial charge in [0.2, 0.25) is 17.7 Å². The summed E-state index contributed by atoms with van der Waals surface area (Å²) in [5.41, 5.74) is 3.12. The van der Waals surface area contributed by atoms with Crippen molar-refractivity contribution < 1.29 is 9.21 Å². The van der Waals surface area contributed by atoms with Crippen molar-refractivity contribution in [3.8, 4) is 11.5 Å². The lowest BCUT2D eigenvalue weighted by Gasteiger charge is -2.11. The number of hydrogen-bond donors (Lipinski definition) is 1. The van der Waals surface area contributed by atoms with Gasteiger partial charge in [0.15, 0.2) is 0 Å². The fourth-order valence-electron chi connectivity index (χ4n) is 3.19. The fourth-order valence-corrected chi connectivity index (χ4v) is 3.19. The molecule has 0 radical (unpaired) electrons. The highest BCUT2D eigenvalue weighted by Gasteiger charge is 2.10. The molecule has 2 heterocycles. The summed E-state index contributed by atoms with van der Waals surface area (Å²) < 4.78 is 7.55. The van der Waals surface area contributed by atoms with Crippen LogP contribution in [0.2, 0.25) is 0 Å². The van der Waals surface area contributed by atoms with E-state index in [0.717, 1.165) is 16.7 Å². The highest BCUT2D eigenvalue weighted by molar-refractivity contribution is 5.75. The predicted octanol–water partition coefficient (Wildman–Crippen LogP) is 3.62. The minimum absolute atomic E-state index is 0.00619. The molecule has 0 spiro atoms. The van der Waals surface area contributed by atoms with Crippen LogP contribution in [0, 0.1) is 0 Å². The van der Waals surface area contributed by atoms with E-state index in [-0.39, 0.29) is 5.91 Å². The number of amides is 1. The molecular formula is C23H23N5O2. The Bertz CT molecular complexity index is 1070. The molecule has 0 saturated heterocycles. The van der Waals surface area contributed by atoms with Crippen LogP contribution in [-0.4, -0.2) is 25.9 Å².